The molecule has 0 aliphatic heterocycles. The Balaban J connectivity index is 2.65. The molecule has 0 unspecified atom stereocenters. The number of thiazole rings is 1. The van der Waals surface area contributed by atoms with Crippen LogP contribution >= 0.6 is 11.3 Å². The molecule has 2 aromatic rings. The molecular weight excluding hydrogens is 272 g/mol. The van der Waals surface area contributed by atoms with Crippen molar-refractivity contribution in [2.24, 2.45) is 4.99 Å². The number of methoxy groups -OCH3 is 1. The van der Waals surface area contributed by atoms with Crippen LogP contribution < -0.4 is 9.54 Å². The first-order valence-electron chi connectivity index (χ1n) is 6.95. The standard InChI is InChI=1S/C15H20N2O2S/c1-4-7-13(18)16-15-17(10-5-2)14-11(19-3)8-6-9-12(14)20-15/h6,8-9H,4-5,7,10H2,1-3H3. The number of hydrogen-bond donors (Lipinski definition) is 0. The zero-order valence-corrected chi connectivity index (χ0v) is 13.0. The van der Waals surface area contributed by atoms with Crippen molar-refractivity contribution in [3.63, 3.8) is 0 Å². The maximum absolute atomic E-state index is 11.8. The summed E-state index contributed by atoms with van der Waals surface area (Å²) in [7, 11) is 1.67. The number of carbonyl (C=O) groups excluding carboxylic acids is 1. The first kappa shape index (κ1) is 14.8. The molecule has 2 rings (SSSR count). The van der Waals surface area contributed by atoms with Crippen LogP contribution in [0.2, 0.25) is 0 Å². The van der Waals surface area contributed by atoms with Gasteiger partial charge in [-0.1, -0.05) is 31.3 Å². The van der Waals surface area contributed by atoms with Crippen molar-refractivity contribution in [2.75, 3.05) is 7.11 Å². The number of ether oxygens (including phenoxy) is 1. The topological polar surface area (TPSA) is 43.6 Å². The molecular formula is C15H20N2O2S. The Bertz CT molecular complexity index is 670. The third kappa shape index (κ3) is 2.93. The van der Waals surface area contributed by atoms with E-state index in [1.807, 2.05) is 25.1 Å². The maximum atomic E-state index is 11.8. The summed E-state index contributed by atoms with van der Waals surface area (Å²) in [6, 6.07) is 5.95. The van der Waals surface area contributed by atoms with E-state index in [0.29, 0.717) is 6.42 Å². The normalized spacial score (nSPS) is 12.1. The Morgan fingerprint density at radius 3 is 2.80 bits per heavy atom. The van der Waals surface area contributed by atoms with E-state index in [2.05, 4.69) is 16.5 Å². The average molecular weight is 292 g/mol. The molecule has 0 fully saturated rings. The maximum Gasteiger partial charge on any atom is 0.248 e. The summed E-state index contributed by atoms with van der Waals surface area (Å²) >= 11 is 1.54. The van der Waals surface area contributed by atoms with Crippen LogP contribution in [0.15, 0.2) is 23.2 Å². The van der Waals surface area contributed by atoms with Crippen molar-refractivity contribution in [1.29, 1.82) is 0 Å². The van der Waals surface area contributed by atoms with Gasteiger partial charge >= 0.3 is 0 Å². The number of para-hydroxylation sites is 1. The van der Waals surface area contributed by atoms with Gasteiger partial charge in [-0.25, -0.2) is 0 Å². The smallest absolute Gasteiger partial charge is 0.248 e. The predicted octanol–water partition coefficient (Wildman–Crippen LogP) is 3.35. The Morgan fingerprint density at radius 1 is 1.35 bits per heavy atom. The molecule has 0 aliphatic rings. The number of carbonyl (C=O) groups is 1. The second kappa shape index (κ2) is 6.70. The van der Waals surface area contributed by atoms with E-state index in [-0.39, 0.29) is 5.91 Å². The van der Waals surface area contributed by atoms with Gasteiger partial charge in [-0.05, 0) is 25.0 Å². The van der Waals surface area contributed by atoms with Crippen molar-refractivity contribution >= 4 is 27.5 Å². The van der Waals surface area contributed by atoms with Crippen molar-refractivity contribution in [1.82, 2.24) is 4.57 Å². The quantitative estimate of drug-likeness (QED) is 0.848. The van der Waals surface area contributed by atoms with Gasteiger partial charge in [0, 0.05) is 13.0 Å². The highest BCUT2D eigenvalue weighted by atomic mass is 32.1. The summed E-state index contributed by atoms with van der Waals surface area (Å²) in [5.74, 6) is 0.777. The summed E-state index contributed by atoms with van der Waals surface area (Å²) < 4.78 is 8.63. The lowest BCUT2D eigenvalue weighted by atomic mass is 10.3. The zero-order valence-electron chi connectivity index (χ0n) is 12.2. The third-order valence-electron chi connectivity index (χ3n) is 3.02. The number of hydrogen-bond acceptors (Lipinski definition) is 3. The Labute approximate surface area is 122 Å². The van der Waals surface area contributed by atoms with Gasteiger partial charge in [0.2, 0.25) is 5.91 Å². The lowest BCUT2D eigenvalue weighted by Gasteiger charge is -2.06. The van der Waals surface area contributed by atoms with Gasteiger partial charge in [-0.2, -0.15) is 4.99 Å². The van der Waals surface area contributed by atoms with E-state index < -0.39 is 0 Å². The van der Waals surface area contributed by atoms with E-state index in [1.54, 1.807) is 18.4 Å². The van der Waals surface area contributed by atoms with Crippen LogP contribution in [0.25, 0.3) is 10.2 Å². The molecule has 0 saturated carbocycles. The summed E-state index contributed by atoms with van der Waals surface area (Å²) in [4.78, 5) is 16.8. The van der Waals surface area contributed by atoms with Gasteiger partial charge < -0.3 is 9.30 Å². The molecule has 0 saturated heterocycles. The summed E-state index contributed by atoms with van der Waals surface area (Å²) in [5.41, 5.74) is 1.03. The minimum atomic E-state index is -0.0529. The molecule has 1 heterocycles. The molecule has 0 bridgehead atoms. The van der Waals surface area contributed by atoms with Gasteiger partial charge in [0.1, 0.15) is 11.3 Å². The molecule has 4 nitrogen and oxygen atoms in total. The van der Waals surface area contributed by atoms with Gasteiger partial charge in [-0.15, -0.1) is 0 Å². The second-order valence-electron chi connectivity index (χ2n) is 4.60. The first-order chi connectivity index (χ1) is 9.71. The molecule has 0 spiro atoms. The molecule has 1 aromatic carbocycles. The Kier molecular flexibility index (Phi) is 4.95. The van der Waals surface area contributed by atoms with E-state index in [9.17, 15) is 4.79 Å². The van der Waals surface area contributed by atoms with Gasteiger partial charge in [0.25, 0.3) is 0 Å². The van der Waals surface area contributed by atoms with Crippen LogP contribution in [0.5, 0.6) is 5.75 Å². The van der Waals surface area contributed by atoms with E-state index in [1.165, 1.54) is 0 Å². The summed E-state index contributed by atoms with van der Waals surface area (Å²) in [5, 5.41) is 0. The minimum absolute atomic E-state index is 0.0529. The Morgan fingerprint density at radius 2 is 2.15 bits per heavy atom. The number of aromatic nitrogens is 1. The van der Waals surface area contributed by atoms with Crippen molar-refractivity contribution in [3.05, 3.63) is 23.0 Å². The number of aryl methyl sites for hydroxylation is 1. The van der Waals surface area contributed by atoms with Crippen molar-refractivity contribution in [2.45, 2.75) is 39.7 Å². The monoisotopic (exact) mass is 292 g/mol. The SMILES string of the molecule is CCCC(=O)N=c1sc2cccc(OC)c2n1CCC. The molecule has 5 heteroatoms. The average Bonchev–Trinajstić information content (AvgIpc) is 2.77. The van der Waals surface area contributed by atoms with Crippen LogP contribution in [0.3, 0.4) is 0 Å². The molecule has 1 amide bonds. The minimum Gasteiger partial charge on any atom is -0.495 e. The fourth-order valence-electron chi connectivity index (χ4n) is 2.16. The molecule has 1 aromatic heterocycles. The van der Waals surface area contributed by atoms with Gasteiger partial charge in [0.05, 0.1) is 11.8 Å². The fourth-order valence-corrected chi connectivity index (χ4v) is 3.25. The summed E-state index contributed by atoms with van der Waals surface area (Å²) in [6.45, 7) is 4.93. The molecule has 0 aliphatic carbocycles. The highest BCUT2D eigenvalue weighted by Gasteiger charge is 2.11. The van der Waals surface area contributed by atoms with E-state index >= 15 is 0 Å². The van der Waals surface area contributed by atoms with Crippen LogP contribution in [0.1, 0.15) is 33.1 Å². The van der Waals surface area contributed by atoms with Gasteiger partial charge in [0.15, 0.2) is 4.80 Å². The van der Waals surface area contributed by atoms with Crippen LogP contribution in [0.4, 0.5) is 0 Å². The predicted molar refractivity (Wildman–Crippen MR) is 82.1 cm³/mol. The molecule has 0 N–H and O–H groups in total. The highest BCUT2D eigenvalue weighted by Crippen LogP contribution is 2.27. The molecule has 20 heavy (non-hydrogen) atoms. The van der Waals surface area contributed by atoms with Gasteiger partial charge in [-0.3, -0.25) is 4.79 Å². The van der Waals surface area contributed by atoms with Crippen LogP contribution in [-0.4, -0.2) is 17.6 Å². The van der Waals surface area contributed by atoms with Crippen LogP contribution in [-0.2, 0) is 11.3 Å². The third-order valence-corrected chi connectivity index (χ3v) is 4.06. The number of benzene rings is 1. The molecule has 108 valence electrons. The van der Waals surface area contributed by atoms with Crippen molar-refractivity contribution in [3.8, 4) is 5.75 Å². The largest absolute Gasteiger partial charge is 0.495 e. The number of fused-ring (bicyclic) bond motifs is 1. The fraction of sp³-hybridized carbons (Fsp3) is 0.467. The van der Waals surface area contributed by atoms with E-state index in [0.717, 1.165) is 40.2 Å². The molecule has 0 atom stereocenters. The lowest BCUT2D eigenvalue weighted by Crippen LogP contribution is -2.17. The zero-order chi connectivity index (χ0) is 14.5. The Hall–Kier alpha value is -1.62. The number of amides is 1. The van der Waals surface area contributed by atoms with Crippen molar-refractivity contribution < 1.29 is 9.53 Å². The first-order valence-corrected chi connectivity index (χ1v) is 7.76. The van der Waals surface area contributed by atoms with Crippen LogP contribution in [0, 0.1) is 0 Å². The number of rotatable bonds is 5. The lowest BCUT2D eigenvalue weighted by molar-refractivity contribution is -0.118. The second-order valence-corrected chi connectivity index (χ2v) is 5.61. The molecule has 0 radical (unpaired) electrons. The van der Waals surface area contributed by atoms with E-state index in [4.69, 9.17) is 4.74 Å². The summed E-state index contributed by atoms with van der Waals surface area (Å²) in [6.07, 6.45) is 2.31. The highest BCUT2D eigenvalue weighted by molar-refractivity contribution is 7.16. The number of nitrogens with zero attached hydrogens (tertiary/aromatic N) is 2.